The Balaban J connectivity index is 2.03. The van der Waals surface area contributed by atoms with E-state index in [1.807, 2.05) is 29.2 Å². The van der Waals surface area contributed by atoms with Gasteiger partial charge in [-0.05, 0) is 26.8 Å². The van der Waals surface area contributed by atoms with E-state index in [0.717, 1.165) is 23.7 Å². The average molecular weight is 283 g/mol. The van der Waals surface area contributed by atoms with Crippen LogP contribution in [0.4, 0.5) is 5.13 Å². The van der Waals surface area contributed by atoms with E-state index < -0.39 is 0 Å². The Kier molecular flexibility index (Phi) is 4.54. The number of amides is 1. The van der Waals surface area contributed by atoms with Crippen molar-refractivity contribution < 1.29 is 9.90 Å². The lowest BCUT2D eigenvalue weighted by Gasteiger charge is -2.21. The molecule has 0 aromatic carbocycles. The zero-order chi connectivity index (χ0) is 14.0. The number of aliphatic hydroxyl groups excluding tert-OH is 1. The highest BCUT2D eigenvalue weighted by atomic mass is 32.1. The Morgan fingerprint density at radius 2 is 2.32 bits per heavy atom. The number of nitrogens with zero attached hydrogens (tertiary/aromatic N) is 3. The van der Waals surface area contributed by atoms with E-state index >= 15 is 0 Å². The molecular weight excluding hydrogens is 262 g/mol. The van der Waals surface area contributed by atoms with Gasteiger partial charge >= 0.3 is 0 Å². The van der Waals surface area contributed by atoms with Gasteiger partial charge in [0.2, 0.25) is 5.91 Å². The molecule has 6 heteroatoms. The van der Waals surface area contributed by atoms with Crippen molar-refractivity contribution in [2.75, 3.05) is 18.6 Å². The van der Waals surface area contributed by atoms with Gasteiger partial charge < -0.3 is 5.11 Å². The lowest BCUT2D eigenvalue weighted by Crippen LogP contribution is -2.32. The SMILES string of the molecule is CC(=O)N(c1nc(CN(C)C(C)CO)cs1)C1CC1. The zero-order valence-electron chi connectivity index (χ0n) is 11.7. The van der Waals surface area contributed by atoms with E-state index in [4.69, 9.17) is 5.11 Å². The molecule has 1 amide bonds. The molecular formula is C13H21N3O2S. The second-order valence-electron chi connectivity index (χ2n) is 5.19. The summed E-state index contributed by atoms with van der Waals surface area (Å²) in [5.74, 6) is 0.0699. The molecule has 106 valence electrons. The Morgan fingerprint density at radius 3 is 2.84 bits per heavy atom. The van der Waals surface area contributed by atoms with E-state index in [1.165, 1.54) is 11.3 Å². The summed E-state index contributed by atoms with van der Waals surface area (Å²) < 4.78 is 0. The van der Waals surface area contributed by atoms with Crippen LogP contribution in [0.2, 0.25) is 0 Å². The number of carbonyl (C=O) groups is 1. The molecule has 2 rings (SSSR count). The number of hydrogen-bond acceptors (Lipinski definition) is 5. The number of hydrogen-bond donors (Lipinski definition) is 1. The minimum atomic E-state index is 0.0699. The van der Waals surface area contributed by atoms with Gasteiger partial charge in [-0.25, -0.2) is 4.98 Å². The van der Waals surface area contributed by atoms with Crippen molar-refractivity contribution in [1.29, 1.82) is 0 Å². The van der Waals surface area contributed by atoms with Crippen LogP contribution in [-0.2, 0) is 11.3 Å². The van der Waals surface area contributed by atoms with Crippen molar-refractivity contribution in [1.82, 2.24) is 9.88 Å². The van der Waals surface area contributed by atoms with Gasteiger partial charge in [0.25, 0.3) is 0 Å². The van der Waals surface area contributed by atoms with E-state index in [1.54, 1.807) is 6.92 Å². The van der Waals surface area contributed by atoms with Crippen LogP contribution in [0.15, 0.2) is 5.38 Å². The first-order valence-electron chi connectivity index (χ1n) is 6.58. The molecule has 0 aliphatic heterocycles. The molecule has 1 saturated carbocycles. The summed E-state index contributed by atoms with van der Waals surface area (Å²) in [6.07, 6.45) is 2.16. The van der Waals surface area contributed by atoms with Gasteiger partial charge in [-0.2, -0.15) is 0 Å². The first kappa shape index (κ1) is 14.4. The van der Waals surface area contributed by atoms with Gasteiger partial charge in [-0.1, -0.05) is 0 Å². The fraction of sp³-hybridized carbons (Fsp3) is 0.692. The van der Waals surface area contributed by atoms with Crippen molar-refractivity contribution in [2.45, 2.75) is 45.3 Å². The minimum absolute atomic E-state index is 0.0699. The second kappa shape index (κ2) is 5.98. The molecule has 0 radical (unpaired) electrons. The van der Waals surface area contributed by atoms with Crippen LogP contribution in [0.25, 0.3) is 0 Å². The fourth-order valence-electron chi connectivity index (χ4n) is 1.91. The van der Waals surface area contributed by atoms with Crippen molar-refractivity contribution in [3.8, 4) is 0 Å². The highest BCUT2D eigenvalue weighted by Gasteiger charge is 2.33. The van der Waals surface area contributed by atoms with Crippen molar-refractivity contribution in [3.05, 3.63) is 11.1 Å². The minimum Gasteiger partial charge on any atom is -0.395 e. The smallest absolute Gasteiger partial charge is 0.225 e. The largest absolute Gasteiger partial charge is 0.395 e. The Morgan fingerprint density at radius 1 is 1.63 bits per heavy atom. The molecule has 1 aromatic rings. The third kappa shape index (κ3) is 3.52. The Labute approximate surface area is 117 Å². The topological polar surface area (TPSA) is 56.7 Å². The number of likely N-dealkylation sites (N-methyl/N-ethyl adjacent to an activating group) is 1. The van der Waals surface area contributed by atoms with Crippen molar-refractivity contribution in [2.24, 2.45) is 0 Å². The van der Waals surface area contributed by atoms with Gasteiger partial charge in [0.05, 0.1) is 12.3 Å². The molecule has 5 nitrogen and oxygen atoms in total. The summed E-state index contributed by atoms with van der Waals surface area (Å²) in [7, 11) is 1.96. The van der Waals surface area contributed by atoms with Crippen LogP contribution >= 0.6 is 11.3 Å². The van der Waals surface area contributed by atoms with Gasteiger partial charge in [0, 0.05) is 30.9 Å². The van der Waals surface area contributed by atoms with E-state index in [-0.39, 0.29) is 18.6 Å². The standard InChI is InChI=1S/C13H21N3O2S/c1-9(7-17)15(3)6-11-8-19-13(14-11)16(10(2)18)12-4-5-12/h8-9,12,17H,4-7H2,1-3H3. The summed E-state index contributed by atoms with van der Waals surface area (Å²) in [5, 5.41) is 11.9. The lowest BCUT2D eigenvalue weighted by molar-refractivity contribution is -0.116. The third-order valence-electron chi connectivity index (χ3n) is 3.43. The molecule has 1 aromatic heterocycles. The van der Waals surface area contributed by atoms with E-state index in [0.29, 0.717) is 12.6 Å². The summed E-state index contributed by atoms with van der Waals surface area (Å²) in [4.78, 5) is 20.1. The van der Waals surface area contributed by atoms with Crippen LogP contribution < -0.4 is 4.90 Å². The molecule has 0 spiro atoms. The van der Waals surface area contributed by atoms with Crippen LogP contribution in [-0.4, -0.2) is 46.6 Å². The second-order valence-corrected chi connectivity index (χ2v) is 6.02. The highest BCUT2D eigenvalue weighted by molar-refractivity contribution is 7.14. The van der Waals surface area contributed by atoms with Crippen LogP contribution in [0.1, 0.15) is 32.4 Å². The molecule has 1 N–H and O–H groups in total. The molecule has 1 atom stereocenters. The van der Waals surface area contributed by atoms with E-state index in [2.05, 4.69) is 4.98 Å². The number of aliphatic hydroxyl groups is 1. The normalized spacial score (nSPS) is 16.7. The summed E-state index contributed by atoms with van der Waals surface area (Å²) in [6, 6.07) is 0.461. The number of thiazole rings is 1. The first-order chi connectivity index (χ1) is 9.02. The molecule has 1 aliphatic carbocycles. The maximum Gasteiger partial charge on any atom is 0.225 e. The van der Waals surface area contributed by atoms with Gasteiger partial charge in [0.15, 0.2) is 5.13 Å². The molecule has 1 aliphatic rings. The summed E-state index contributed by atoms with van der Waals surface area (Å²) in [6.45, 7) is 4.39. The average Bonchev–Trinajstić information content (AvgIpc) is 3.08. The predicted octanol–water partition coefficient (Wildman–Crippen LogP) is 1.47. The van der Waals surface area contributed by atoms with Crippen molar-refractivity contribution in [3.63, 3.8) is 0 Å². The van der Waals surface area contributed by atoms with Crippen LogP contribution in [0, 0.1) is 0 Å². The fourth-order valence-corrected chi connectivity index (χ4v) is 2.84. The molecule has 1 unspecified atom stereocenters. The van der Waals surface area contributed by atoms with Gasteiger partial charge in [0.1, 0.15) is 0 Å². The van der Waals surface area contributed by atoms with Crippen LogP contribution in [0.5, 0.6) is 0 Å². The highest BCUT2D eigenvalue weighted by Crippen LogP contribution is 2.33. The maximum atomic E-state index is 11.7. The quantitative estimate of drug-likeness (QED) is 0.859. The Bertz CT molecular complexity index is 445. The summed E-state index contributed by atoms with van der Waals surface area (Å²) >= 11 is 1.52. The molecule has 1 fully saturated rings. The van der Waals surface area contributed by atoms with Gasteiger partial charge in [-0.15, -0.1) is 11.3 Å². The lowest BCUT2D eigenvalue weighted by atomic mass is 10.3. The number of aromatic nitrogens is 1. The predicted molar refractivity (Wildman–Crippen MR) is 76.3 cm³/mol. The van der Waals surface area contributed by atoms with Crippen LogP contribution in [0.3, 0.4) is 0 Å². The molecule has 0 saturated heterocycles. The van der Waals surface area contributed by atoms with E-state index in [9.17, 15) is 4.79 Å². The van der Waals surface area contributed by atoms with Gasteiger partial charge in [-0.3, -0.25) is 14.6 Å². The Hall–Kier alpha value is -0.980. The molecule has 1 heterocycles. The monoisotopic (exact) mass is 283 g/mol. The molecule has 19 heavy (non-hydrogen) atoms. The maximum absolute atomic E-state index is 11.7. The zero-order valence-corrected chi connectivity index (χ0v) is 12.5. The molecule has 0 bridgehead atoms. The number of rotatable bonds is 6. The van der Waals surface area contributed by atoms with Crippen molar-refractivity contribution >= 4 is 22.4 Å². The number of carbonyl (C=O) groups excluding carboxylic acids is 1. The summed E-state index contributed by atoms with van der Waals surface area (Å²) in [5.41, 5.74) is 0.953. The first-order valence-corrected chi connectivity index (χ1v) is 7.46. The third-order valence-corrected chi connectivity index (χ3v) is 4.31. The number of anilines is 1.